The first-order valence-corrected chi connectivity index (χ1v) is 14.8. The summed E-state index contributed by atoms with van der Waals surface area (Å²) in [6.07, 6.45) is 9.79. The molecule has 0 aliphatic carbocycles. The van der Waals surface area contributed by atoms with E-state index in [4.69, 9.17) is 11.6 Å². The van der Waals surface area contributed by atoms with Crippen LogP contribution in [-0.2, 0) is 0 Å². The maximum Gasteiger partial charge on any atom is 0.0491 e. The minimum Gasteiger partial charge on any atom is -0.0870 e. The van der Waals surface area contributed by atoms with Crippen LogP contribution in [0.2, 0.25) is 5.02 Å². The van der Waals surface area contributed by atoms with Crippen molar-refractivity contribution in [1.29, 1.82) is 0 Å². The van der Waals surface area contributed by atoms with Gasteiger partial charge in [0.25, 0.3) is 0 Å². The van der Waals surface area contributed by atoms with Crippen LogP contribution >= 0.6 is 11.6 Å². The summed E-state index contributed by atoms with van der Waals surface area (Å²) < 4.78 is 0. The van der Waals surface area contributed by atoms with E-state index in [2.05, 4.69) is 156 Å². The SMILES string of the molecule is CC=CC(=C(C)C(C)=CC=C(C)CC)c1cc2c(-c3ccccc3)c3ccccc3c(-c3ccccc3)c2cc1Cl. The largest absolute Gasteiger partial charge is 0.0870 e. The maximum absolute atomic E-state index is 7.24. The number of benzene rings is 5. The van der Waals surface area contributed by atoms with Crippen molar-refractivity contribution in [2.75, 3.05) is 0 Å². The van der Waals surface area contributed by atoms with Crippen LogP contribution in [0.15, 0.2) is 138 Å². The molecule has 0 amide bonds. The van der Waals surface area contributed by atoms with Gasteiger partial charge in [-0.2, -0.15) is 0 Å². The molecular formula is C40H37Cl. The van der Waals surface area contributed by atoms with Crippen LogP contribution < -0.4 is 0 Å². The lowest BCUT2D eigenvalue weighted by Gasteiger charge is -2.20. The average molecular weight is 553 g/mol. The smallest absolute Gasteiger partial charge is 0.0491 e. The number of allylic oxidation sites excluding steroid dienone is 8. The van der Waals surface area contributed by atoms with Gasteiger partial charge in [-0.15, -0.1) is 0 Å². The van der Waals surface area contributed by atoms with Crippen molar-refractivity contribution in [2.24, 2.45) is 0 Å². The summed E-state index contributed by atoms with van der Waals surface area (Å²) in [6, 6.07) is 34.7. The van der Waals surface area contributed by atoms with E-state index < -0.39 is 0 Å². The molecule has 0 radical (unpaired) electrons. The van der Waals surface area contributed by atoms with Gasteiger partial charge in [0.15, 0.2) is 0 Å². The van der Waals surface area contributed by atoms with Gasteiger partial charge >= 0.3 is 0 Å². The Kier molecular flexibility index (Phi) is 8.72. The Morgan fingerprint density at radius 3 is 1.68 bits per heavy atom. The Labute approximate surface area is 250 Å². The molecule has 0 atom stereocenters. The third-order valence-corrected chi connectivity index (χ3v) is 8.34. The van der Waals surface area contributed by atoms with Gasteiger partial charge in [-0.1, -0.05) is 133 Å². The van der Waals surface area contributed by atoms with Crippen molar-refractivity contribution in [1.82, 2.24) is 0 Å². The topological polar surface area (TPSA) is 0 Å². The van der Waals surface area contributed by atoms with Crippen LogP contribution in [-0.4, -0.2) is 0 Å². The average Bonchev–Trinajstić information content (AvgIpc) is 3.01. The molecule has 0 aliphatic heterocycles. The van der Waals surface area contributed by atoms with E-state index in [0.29, 0.717) is 0 Å². The molecule has 0 nitrogen and oxygen atoms in total. The van der Waals surface area contributed by atoms with Crippen molar-refractivity contribution >= 4 is 38.7 Å². The van der Waals surface area contributed by atoms with E-state index >= 15 is 0 Å². The molecule has 0 saturated carbocycles. The van der Waals surface area contributed by atoms with E-state index in [1.54, 1.807) is 0 Å². The van der Waals surface area contributed by atoms with Gasteiger partial charge in [-0.25, -0.2) is 0 Å². The minimum atomic E-state index is 0.754. The molecule has 0 N–H and O–H groups in total. The Hall–Kier alpha value is -4.13. The molecule has 0 heterocycles. The van der Waals surface area contributed by atoms with Crippen LogP contribution in [0.1, 0.15) is 46.6 Å². The van der Waals surface area contributed by atoms with E-state index in [0.717, 1.165) is 28.0 Å². The zero-order chi connectivity index (χ0) is 28.9. The molecule has 1 heteroatoms. The molecule has 0 bridgehead atoms. The lowest BCUT2D eigenvalue weighted by Crippen LogP contribution is -1.95. The van der Waals surface area contributed by atoms with Crippen LogP contribution in [0.4, 0.5) is 0 Å². The molecule has 0 aliphatic rings. The zero-order valence-corrected chi connectivity index (χ0v) is 25.4. The highest BCUT2D eigenvalue weighted by atomic mass is 35.5. The molecule has 0 fully saturated rings. The van der Waals surface area contributed by atoms with Gasteiger partial charge < -0.3 is 0 Å². The molecule has 0 aromatic heterocycles. The molecule has 204 valence electrons. The van der Waals surface area contributed by atoms with Gasteiger partial charge in [0, 0.05) is 10.6 Å². The summed E-state index contributed by atoms with van der Waals surface area (Å²) in [7, 11) is 0. The fourth-order valence-corrected chi connectivity index (χ4v) is 5.81. The predicted octanol–water partition coefficient (Wildman–Crippen LogP) is 12.6. The van der Waals surface area contributed by atoms with Gasteiger partial charge in [0.1, 0.15) is 0 Å². The van der Waals surface area contributed by atoms with E-state index in [1.165, 1.54) is 55.1 Å². The minimum absolute atomic E-state index is 0.754. The summed E-state index contributed by atoms with van der Waals surface area (Å²) in [6.45, 7) is 10.8. The monoisotopic (exact) mass is 552 g/mol. The number of halogens is 1. The zero-order valence-electron chi connectivity index (χ0n) is 24.6. The first kappa shape index (κ1) is 28.4. The second kappa shape index (κ2) is 12.6. The van der Waals surface area contributed by atoms with Crippen LogP contribution in [0.25, 0.3) is 49.4 Å². The van der Waals surface area contributed by atoms with E-state index in [9.17, 15) is 0 Å². The second-order valence-electron chi connectivity index (χ2n) is 10.7. The predicted molar refractivity (Wildman–Crippen MR) is 183 cm³/mol. The second-order valence-corrected chi connectivity index (χ2v) is 11.1. The highest BCUT2D eigenvalue weighted by Crippen LogP contribution is 2.46. The van der Waals surface area contributed by atoms with Crippen molar-refractivity contribution in [3.05, 3.63) is 149 Å². The fourth-order valence-electron chi connectivity index (χ4n) is 5.54. The third-order valence-electron chi connectivity index (χ3n) is 8.03. The number of rotatable bonds is 7. The van der Waals surface area contributed by atoms with Crippen LogP contribution in [0.5, 0.6) is 0 Å². The molecule has 41 heavy (non-hydrogen) atoms. The summed E-state index contributed by atoms with van der Waals surface area (Å²) >= 11 is 7.24. The number of hydrogen-bond acceptors (Lipinski definition) is 0. The van der Waals surface area contributed by atoms with Crippen molar-refractivity contribution in [2.45, 2.75) is 41.0 Å². The van der Waals surface area contributed by atoms with Gasteiger partial charge in [-0.3, -0.25) is 0 Å². The van der Waals surface area contributed by atoms with Crippen LogP contribution in [0.3, 0.4) is 0 Å². The number of fused-ring (bicyclic) bond motifs is 2. The lowest BCUT2D eigenvalue weighted by molar-refractivity contribution is 1.10. The molecule has 5 rings (SSSR count). The quantitative estimate of drug-likeness (QED) is 0.139. The lowest BCUT2D eigenvalue weighted by atomic mass is 9.84. The van der Waals surface area contributed by atoms with Crippen molar-refractivity contribution < 1.29 is 0 Å². The van der Waals surface area contributed by atoms with Gasteiger partial charge in [0.2, 0.25) is 0 Å². The van der Waals surface area contributed by atoms with Gasteiger partial charge in [-0.05, 0) is 107 Å². The Bertz CT molecular complexity index is 1830. The summed E-state index contributed by atoms with van der Waals surface area (Å²) in [5.74, 6) is 0. The van der Waals surface area contributed by atoms with Crippen molar-refractivity contribution in [3.63, 3.8) is 0 Å². The molecule has 0 unspecified atom stereocenters. The molecule has 0 saturated heterocycles. The summed E-state index contributed by atoms with van der Waals surface area (Å²) in [5, 5.41) is 5.58. The highest BCUT2D eigenvalue weighted by Gasteiger charge is 2.19. The Morgan fingerprint density at radius 1 is 0.659 bits per heavy atom. The first-order chi connectivity index (χ1) is 19.9. The highest BCUT2D eigenvalue weighted by molar-refractivity contribution is 6.34. The van der Waals surface area contributed by atoms with Crippen molar-refractivity contribution in [3.8, 4) is 22.3 Å². The molecule has 0 spiro atoms. The van der Waals surface area contributed by atoms with E-state index in [-0.39, 0.29) is 0 Å². The Morgan fingerprint density at radius 2 is 1.17 bits per heavy atom. The standard InChI is InChI=1S/C40H37Cl/c1-6-16-32(29(5)28(4)24-23-27(3)7-2)35-25-36-37(26-38(35)41)40(31-19-12-9-13-20-31)34-22-15-14-21-33(34)39(36)30-17-10-8-11-18-30/h6,8-26H,7H2,1-5H3. The molecule has 5 aromatic rings. The van der Waals surface area contributed by atoms with E-state index in [1.807, 2.05) is 0 Å². The summed E-state index contributed by atoms with van der Waals surface area (Å²) in [4.78, 5) is 0. The Balaban J connectivity index is 1.92. The van der Waals surface area contributed by atoms with Crippen LogP contribution in [0, 0.1) is 0 Å². The van der Waals surface area contributed by atoms with Gasteiger partial charge in [0.05, 0.1) is 0 Å². The first-order valence-electron chi connectivity index (χ1n) is 14.4. The normalized spacial score (nSPS) is 13.3. The number of hydrogen-bond donors (Lipinski definition) is 0. The third kappa shape index (κ3) is 5.71. The summed E-state index contributed by atoms with van der Waals surface area (Å²) in [5.41, 5.74) is 10.8. The fraction of sp³-hybridized carbons (Fsp3) is 0.150. The molecular weight excluding hydrogens is 516 g/mol. The molecule has 5 aromatic carbocycles. The maximum atomic E-state index is 7.24.